The van der Waals surface area contributed by atoms with E-state index in [9.17, 15) is 13.2 Å². The van der Waals surface area contributed by atoms with Crippen molar-refractivity contribution in [1.29, 1.82) is 0 Å². The third-order valence-electron chi connectivity index (χ3n) is 4.74. The van der Waals surface area contributed by atoms with Crippen molar-refractivity contribution < 1.29 is 17.9 Å². The van der Waals surface area contributed by atoms with Gasteiger partial charge in [0.05, 0.1) is 12.9 Å². The van der Waals surface area contributed by atoms with Crippen molar-refractivity contribution in [3.05, 3.63) is 65.2 Å². The van der Waals surface area contributed by atoms with E-state index in [0.717, 1.165) is 11.1 Å². The Morgan fingerprint density at radius 2 is 1.81 bits per heavy atom. The summed E-state index contributed by atoms with van der Waals surface area (Å²) in [7, 11) is -1.90. The topological polar surface area (TPSA) is 75.7 Å². The molecule has 1 amide bonds. The van der Waals surface area contributed by atoms with E-state index in [1.54, 1.807) is 7.11 Å². The number of nitrogens with one attached hydrogen (secondary N) is 1. The average Bonchev–Trinajstić information content (AvgIpc) is 2.70. The highest BCUT2D eigenvalue weighted by molar-refractivity contribution is 7.89. The van der Waals surface area contributed by atoms with Gasteiger partial charge in [-0.05, 0) is 23.6 Å². The first kappa shape index (κ1) is 19.4. The summed E-state index contributed by atoms with van der Waals surface area (Å²) in [5, 5.41) is 2.76. The van der Waals surface area contributed by atoms with Gasteiger partial charge in [0.2, 0.25) is 15.9 Å². The number of hydrogen-bond donors (Lipinski definition) is 1. The molecular weight excluding hydrogens is 364 g/mol. The smallest absolute Gasteiger partial charge is 0.221 e. The van der Waals surface area contributed by atoms with E-state index in [0.29, 0.717) is 31.8 Å². The maximum absolute atomic E-state index is 12.6. The van der Waals surface area contributed by atoms with Gasteiger partial charge in [-0.15, -0.1) is 0 Å². The molecule has 1 aliphatic heterocycles. The van der Waals surface area contributed by atoms with Crippen molar-refractivity contribution >= 4 is 15.9 Å². The Kier molecular flexibility index (Phi) is 6.13. The molecule has 6 nitrogen and oxygen atoms in total. The lowest BCUT2D eigenvalue weighted by Gasteiger charge is -2.28. The minimum absolute atomic E-state index is 0.0599. The molecule has 0 spiro atoms. The van der Waals surface area contributed by atoms with E-state index >= 15 is 0 Å². The first-order valence-corrected chi connectivity index (χ1v) is 10.5. The van der Waals surface area contributed by atoms with Gasteiger partial charge in [0.1, 0.15) is 5.75 Å². The maximum Gasteiger partial charge on any atom is 0.221 e. The van der Waals surface area contributed by atoms with Gasteiger partial charge < -0.3 is 10.1 Å². The van der Waals surface area contributed by atoms with Gasteiger partial charge in [-0.2, -0.15) is 4.31 Å². The highest BCUT2D eigenvalue weighted by Crippen LogP contribution is 2.21. The number of amides is 1. The number of sulfonamides is 1. The number of rotatable bonds is 7. The van der Waals surface area contributed by atoms with Crippen molar-refractivity contribution in [3.8, 4) is 5.75 Å². The Hall–Kier alpha value is -2.38. The molecule has 0 fully saturated rings. The number of carbonyl (C=O) groups excluding carboxylic acids is 1. The van der Waals surface area contributed by atoms with Crippen LogP contribution < -0.4 is 10.1 Å². The van der Waals surface area contributed by atoms with E-state index in [1.165, 1.54) is 9.87 Å². The number of methoxy groups -OCH3 is 1. The fourth-order valence-corrected chi connectivity index (χ4v) is 4.60. The standard InChI is InChI=1S/C20H24N2O4S/c1-26-19-9-5-4-7-17(19)14-21-20(23)11-13-27(24,25)22-12-10-16-6-2-3-8-18(16)15-22/h2-9H,10-15H2,1H3,(H,21,23). The van der Waals surface area contributed by atoms with Crippen LogP contribution in [-0.2, 0) is 34.3 Å². The van der Waals surface area contributed by atoms with Gasteiger partial charge in [-0.3, -0.25) is 4.79 Å². The molecule has 0 bridgehead atoms. The molecule has 0 radical (unpaired) electrons. The van der Waals surface area contributed by atoms with Crippen molar-refractivity contribution in [2.75, 3.05) is 19.4 Å². The first-order valence-electron chi connectivity index (χ1n) is 8.93. The summed E-state index contributed by atoms with van der Waals surface area (Å²) in [4.78, 5) is 12.1. The summed E-state index contributed by atoms with van der Waals surface area (Å²) in [6.07, 6.45) is 0.644. The highest BCUT2D eigenvalue weighted by atomic mass is 32.2. The Morgan fingerprint density at radius 1 is 1.11 bits per heavy atom. The fourth-order valence-electron chi connectivity index (χ4n) is 3.19. The van der Waals surface area contributed by atoms with Crippen molar-refractivity contribution in [1.82, 2.24) is 9.62 Å². The molecule has 0 atom stereocenters. The maximum atomic E-state index is 12.6. The summed E-state index contributed by atoms with van der Waals surface area (Å²) in [6, 6.07) is 15.3. The molecule has 0 unspecified atom stereocenters. The van der Waals surface area contributed by atoms with E-state index < -0.39 is 10.0 Å². The largest absolute Gasteiger partial charge is 0.496 e. The lowest BCUT2D eigenvalue weighted by molar-refractivity contribution is -0.120. The molecule has 2 aromatic rings. The van der Waals surface area contributed by atoms with Crippen LogP contribution in [0.15, 0.2) is 48.5 Å². The fraction of sp³-hybridized carbons (Fsp3) is 0.350. The number of benzene rings is 2. The second kappa shape index (κ2) is 8.54. The van der Waals surface area contributed by atoms with Crippen LogP contribution in [0.1, 0.15) is 23.1 Å². The molecule has 1 aliphatic rings. The number of fused-ring (bicyclic) bond motifs is 1. The van der Waals surface area contributed by atoms with Crippen LogP contribution in [0.5, 0.6) is 5.75 Å². The Morgan fingerprint density at radius 3 is 2.59 bits per heavy atom. The van der Waals surface area contributed by atoms with Crippen LogP contribution >= 0.6 is 0 Å². The van der Waals surface area contributed by atoms with Crippen molar-refractivity contribution in [2.24, 2.45) is 0 Å². The number of hydrogen-bond acceptors (Lipinski definition) is 4. The minimum Gasteiger partial charge on any atom is -0.496 e. The number of carbonyl (C=O) groups is 1. The zero-order valence-corrected chi connectivity index (χ0v) is 16.2. The number of para-hydroxylation sites is 1. The van der Waals surface area contributed by atoms with Gasteiger partial charge in [-0.1, -0.05) is 42.5 Å². The molecule has 27 heavy (non-hydrogen) atoms. The normalized spacial score (nSPS) is 14.4. The van der Waals surface area contributed by atoms with Crippen LogP contribution in [-0.4, -0.2) is 38.0 Å². The van der Waals surface area contributed by atoms with Crippen molar-refractivity contribution in [2.45, 2.75) is 25.9 Å². The second-order valence-corrected chi connectivity index (χ2v) is 8.60. The molecule has 1 N–H and O–H groups in total. The molecule has 144 valence electrons. The second-order valence-electron chi connectivity index (χ2n) is 6.51. The Bertz CT molecular complexity index is 912. The SMILES string of the molecule is COc1ccccc1CNC(=O)CCS(=O)(=O)N1CCc2ccccc2C1. The van der Waals surface area contributed by atoms with Crippen LogP contribution in [0.2, 0.25) is 0 Å². The molecule has 7 heteroatoms. The van der Waals surface area contributed by atoms with Crippen molar-refractivity contribution in [3.63, 3.8) is 0 Å². The zero-order valence-electron chi connectivity index (χ0n) is 15.3. The first-order chi connectivity index (χ1) is 13.0. The van der Waals surface area contributed by atoms with Crippen LogP contribution in [0.25, 0.3) is 0 Å². The summed E-state index contributed by atoms with van der Waals surface area (Å²) >= 11 is 0. The third-order valence-corrected chi connectivity index (χ3v) is 6.56. The lowest BCUT2D eigenvalue weighted by Crippen LogP contribution is -2.38. The molecule has 0 aromatic heterocycles. The molecular formula is C20H24N2O4S. The van der Waals surface area contributed by atoms with Crippen LogP contribution in [0.4, 0.5) is 0 Å². The Balaban J connectivity index is 1.52. The van der Waals surface area contributed by atoms with Crippen LogP contribution in [0, 0.1) is 0 Å². The third kappa shape index (κ3) is 4.87. The summed E-state index contributed by atoms with van der Waals surface area (Å²) in [5.74, 6) is 0.215. The molecule has 3 rings (SSSR count). The molecule has 0 saturated carbocycles. The summed E-state index contributed by atoms with van der Waals surface area (Å²) < 4.78 is 31.9. The van der Waals surface area contributed by atoms with Gasteiger partial charge in [0, 0.05) is 31.6 Å². The summed E-state index contributed by atoms with van der Waals surface area (Å²) in [5.41, 5.74) is 3.08. The summed E-state index contributed by atoms with van der Waals surface area (Å²) in [6.45, 7) is 1.14. The monoisotopic (exact) mass is 388 g/mol. The average molecular weight is 388 g/mol. The number of nitrogens with zero attached hydrogens (tertiary/aromatic N) is 1. The predicted molar refractivity (Wildman–Crippen MR) is 104 cm³/mol. The molecule has 0 saturated heterocycles. The highest BCUT2D eigenvalue weighted by Gasteiger charge is 2.26. The van der Waals surface area contributed by atoms with Gasteiger partial charge in [0.25, 0.3) is 0 Å². The predicted octanol–water partition coefficient (Wildman–Crippen LogP) is 2.09. The van der Waals surface area contributed by atoms with Gasteiger partial charge in [-0.25, -0.2) is 8.42 Å². The van der Waals surface area contributed by atoms with E-state index in [-0.39, 0.29) is 18.1 Å². The molecule has 1 heterocycles. The quantitative estimate of drug-likeness (QED) is 0.788. The Labute approximate surface area is 160 Å². The van der Waals surface area contributed by atoms with E-state index in [1.807, 2.05) is 48.5 Å². The van der Waals surface area contributed by atoms with Gasteiger partial charge >= 0.3 is 0 Å². The molecule has 0 aliphatic carbocycles. The molecule has 2 aromatic carbocycles. The van der Waals surface area contributed by atoms with E-state index in [2.05, 4.69) is 5.32 Å². The number of ether oxygens (including phenoxy) is 1. The minimum atomic E-state index is -3.47. The van der Waals surface area contributed by atoms with E-state index in [4.69, 9.17) is 4.74 Å². The van der Waals surface area contributed by atoms with Gasteiger partial charge in [0.15, 0.2) is 0 Å². The van der Waals surface area contributed by atoms with Crippen LogP contribution in [0.3, 0.4) is 0 Å². The zero-order chi connectivity index (χ0) is 19.3. The lowest BCUT2D eigenvalue weighted by atomic mass is 10.0.